The summed E-state index contributed by atoms with van der Waals surface area (Å²) in [6, 6.07) is 4.20. The molecule has 8 heteroatoms. The zero-order chi connectivity index (χ0) is 14.6. The number of methoxy groups -OCH3 is 1. The molecule has 1 atom stereocenters. The average Bonchev–Trinajstić information content (AvgIpc) is 2.35. The van der Waals surface area contributed by atoms with Gasteiger partial charge in [0.25, 0.3) is 5.69 Å². The maximum Gasteiger partial charge on any atom is 0.320 e. The molecule has 0 spiro atoms. The topological polar surface area (TPSA) is 107 Å². The van der Waals surface area contributed by atoms with Crippen molar-refractivity contribution in [2.45, 2.75) is 6.42 Å². The lowest BCUT2D eigenvalue weighted by molar-refractivity contribution is -0.385. The lowest BCUT2D eigenvalue weighted by Crippen LogP contribution is -2.27. The first kappa shape index (κ1) is 15.1. The minimum atomic E-state index is -1.47. The largest absolute Gasteiger partial charge is 0.481 e. The molecule has 1 N–H and O–H groups in total. The highest BCUT2D eigenvalue weighted by Crippen LogP contribution is 2.26. The minimum absolute atomic E-state index is 0.158. The number of carboxylic acid groups (broad SMARTS) is 1. The number of benzene rings is 1. The molecule has 0 aliphatic rings. The maximum atomic E-state index is 11.3. The SMILES string of the molecule is COC(=O)C(Cc1ccc(Br)cc1[N+](=O)[O-])C(=O)O. The molecular weight excluding hydrogens is 322 g/mol. The van der Waals surface area contributed by atoms with E-state index in [9.17, 15) is 19.7 Å². The van der Waals surface area contributed by atoms with E-state index in [1.807, 2.05) is 0 Å². The summed E-state index contributed by atoms with van der Waals surface area (Å²) in [6.07, 6.45) is -0.300. The fourth-order valence-corrected chi connectivity index (χ4v) is 1.86. The van der Waals surface area contributed by atoms with E-state index in [2.05, 4.69) is 20.7 Å². The third-order valence-corrected chi connectivity index (χ3v) is 2.95. The third kappa shape index (κ3) is 3.75. The number of esters is 1. The van der Waals surface area contributed by atoms with E-state index in [0.29, 0.717) is 4.47 Å². The highest BCUT2D eigenvalue weighted by molar-refractivity contribution is 9.10. The van der Waals surface area contributed by atoms with Crippen molar-refractivity contribution in [1.29, 1.82) is 0 Å². The normalized spacial score (nSPS) is 11.7. The fraction of sp³-hybridized carbons (Fsp3) is 0.273. The van der Waals surface area contributed by atoms with Crippen LogP contribution in [0.3, 0.4) is 0 Å². The van der Waals surface area contributed by atoms with Gasteiger partial charge in [-0.1, -0.05) is 22.0 Å². The molecule has 7 nitrogen and oxygen atoms in total. The molecule has 0 aromatic heterocycles. The van der Waals surface area contributed by atoms with Crippen LogP contribution in [0.1, 0.15) is 5.56 Å². The van der Waals surface area contributed by atoms with Crippen LogP contribution in [0.2, 0.25) is 0 Å². The predicted molar refractivity (Wildman–Crippen MR) is 67.6 cm³/mol. The van der Waals surface area contributed by atoms with E-state index in [1.165, 1.54) is 12.1 Å². The summed E-state index contributed by atoms with van der Waals surface area (Å²) in [5, 5.41) is 19.8. The summed E-state index contributed by atoms with van der Waals surface area (Å²) in [6.45, 7) is 0. The van der Waals surface area contributed by atoms with Crippen molar-refractivity contribution in [3.05, 3.63) is 38.3 Å². The Morgan fingerprint density at radius 2 is 2.16 bits per heavy atom. The number of nitro groups is 1. The van der Waals surface area contributed by atoms with Crippen LogP contribution in [0.5, 0.6) is 0 Å². The van der Waals surface area contributed by atoms with Gasteiger partial charge in [-0.2, -0.15) is 0 Å². The van der Waals surface area contributed by atoms with Crippen LogP contribution in [0.25, 0.3) is 0 Å². The highest BCUT2D eigenvalue weighted by atomic mass is 79.9. The Hall–Kier alpha value is -1.96. The first-order chi connectivity index (χ1) is 8.86. The molecule has 0 aliphatic heterocycles. The van der Waals surface area contributed by atoms with Crippen molar-refractivity contribution in [1.82, 2.24) is 0 Å². The van der Waals surface area contributed by atoms with Crippen molar-refractivity contribution in [3.63, 3.8) is 0 Å². The van der Waals surface area contributed by atoms with E-state index >= 15 is 0 Å². The number of rotatable bonds is 5. The van der Waals surface area contributed by atoms with Crippen LogP contribution in [0.15, 0.2) is 22.7 Å². The lowest BCUT2D eigenvalue weighted by atomic mass is 9.98. The highest BCUT2D eigenvalue weighted by Gasteiger charge is 2.30. The van der Waals surface area contributed by atoms with Gasteiger partial charge in [0.2, 0.25) is 0 Å². The quantitative estimate of drug-likeness (QED) is 0.381. The van der Waals surface area contributed by atoms with Gasteiger partial charge in [0.05, 0.1) is 12.0 Å². The smallest absolute Gasteiger partial charge is 0.320 e. The number of nitrogens with zero attached hydrogens (tertiary/aromatic N) is 1. The maximum absolute atomic E-state index is 11.3. The predicted octanol–water partition coefficient (Wildman–Crippen LogP) is 1.77. The van der Waals surface area contributed by atoms with Gasteiger partial charge in [0.15, 0.2) is 5.92 Å². The summed E-state index contributed by atoms with van der Waals surface area (Å²) in [4.78, 5) is 32.6. The fourth-order valence-electron chi connectivity index (χ4n) is 1.51. The van der Waals surface area contributed by atoms with Crippen LogP contribution < -0.4 is 0 Å². The van der Waals surface area contributed by atoms with Gasteiger partial charge in [0.1, 0.15) is 0 Å². The number of carboxylic acids is 1. The molecule has 19 heavy (non-hydrogen) atoms. The molecule has 0 aliphatic carbocycles. The number of carbonyl (C=O) groups is 2. The van der Waals surface area contributed by atoms with Crippen LogP contribution in [-0.4, -0.2) is 29.1 Å². The molecule has 1 rings (SSSR count). The van der Waals surface area contributed by atoms with Gasteiger partial charge >= 0.3 is 11.9 Å². The van der Waals surface area contributed by atoms with Crippen molar-refractivity contribution in [3.8, 4) is 0 Å². The van der Waals surface area contributed by atoms with Crippen LogP contribution >= 0.6 is 15.9 Å². The monoisotopic (exact) mass is 331 g/mol. The number of halogens is 1. The number of ether oxygens (including phenoxy) is 1. The van der Waals surface area contributed by atoms with Gasteiger partial charge in [-0.25, -0.2) is 0 Å². The second-order valence-electron chi connectivity index (χ2n) is 3.65. The zero-order valence-corrected chi connectivity index (χ0v) is 11.4. The Labute approximate surface area is 116 Å². The minimum Gasteiger partial charge on any atom is -0.481 e. The molecule has 0 saturated carbocycles. The molecule has 0 radical (unpaired) electrons. The van der Waals surface area contributed by atoms with Gasteiger partial charge < -0.3 is 9.84 Å². The summed E-state index contributed by atoms with van der Waals surface area (Å²) >= 11 is 3.09. The molecule has 0 bridgehead atoms. The standard InChI is InChI=1S/C11H10BrNO6/c1-19-11(16)8(10(14)15)4-6-2-3-7(12)5-9(6)13(17)18/h2-3,5,8H,4H2,1H3,(H,14,15). The Morgan fingerprint density at radius 1 is 1.53 bits per heavy atom. The molecule has 0 saturated heterocycles. The molecule has 1 aromatic rings. The first-order valence-corrected chi connectivity index (χ1v) is 5.89. The van der Waals surface area contributed by atoms with E-state index in [-0.39, 0.29) is 17.7 Å². The Balaban J connectivity index is 3.13. The number of aliphatic carboxylic acids is 1. The molecule has 0 fully saturated rings. The van der Waals surface area contributed by atoms with Crippen molar-refractivity contribution < 1.29 is 24.4 Å². The first-order valence-electron chi connectivity index (χ1n) is 5.10. The van der Waals surface area contributed by atoms with Crippen molar-refractivity contribution in [2.75, 3.05) is 7.11 Å². The number of nitro benzene ring substituents is 1. The Bertz CT molecular complexity index is 530. The molecular formula is C11H10BrNO6. The second kappa shape index (κ2) is 6.28. The zero-order valence-electron chi connectivity index (χ0n) is 9.83. The Kier molecular flexibility index (Phi) is 4.99. The van der Waals surface area contributed by atoms with Crippen LogP contribution in [0.4, 0.5) is 5.69 Å². The van der Waals surface area contributed by atoms with Gasteiger partial charge in [-0.3, -0.25) is 19.7 Å². The molecule has 1 aromatic carbocycles. The number of carbonyl (C=O) groups excluding carboxylic acids is 1. The summed E-state index contributed by atoms with van der Waals surface area (Å²) in [5.41, 5.74) is -0.0875. The number of hydrogen-bond donors (Lipinski definition) is 1. The van der Waals surface area contributed by atoms with E-state index in [4.69, 9.17) is 5.11 Å². The third-order valence-electron chi connectivity index (χ3n) is 2.45. The lowest BCUT2D eigenvalue weighted by Gasteiger charge is -2.10. The van der Waals surface area contributed by atoms with Gasteiger partial charge in [-0.15, -0.1) is 0 Å². The summed E-state index contributed by atoms with van der Waals surface area (Å²) in [5.74, 6) is -3.79. The molecule has 1 unspecified atom stereocenters. The number of hydrogen-bond acceptors (Lipinski definition) is 5. The van der Waals surface area contributed by atoms with E-state index < -0.39 is 22.8 Å². The Morgan fingerprint density at radius 3 is 2.63 bits per heavy atom. The van der Waals surface area contributed by atoms with E-state index in [0.717, 1.165) is 7.11 Å². The second-order valence-corrected chi connectivity index (χ2v) is 4.56. The van der Waals surface area contributed by atoms with Crippen molar-refractivity contribution in [2.24, 2.45) is 5.92 Å². The summed E-state index contributed by atoms with van der Waals surface area (Å²) in [7, 11) is 1.06. The molecule has 0 amide bonds. The molecule has 102 valence electrons. The van der Waals surface area contributed by atoms with Crippen LogP contribution in [-0.2, 0) is 20.7 Å². The van der Waals surface area contributed by atoms with E-state index in [1.54, 1.807) is 6.07 Å². The van der Waals surface area contributed by atoms with Gasteiger partial charge in [0, 0.05) is 22.5 Å². The van der Waals surface area contributed by atoms with Gasteiger partial charge in [-0.05, 0) is 6.07 Å². The summed E-state index contributed by atoms with van der Waals surface area (Å²) < 4.78 is 4.86. The van der Waals surface area contributed by atoms with Crippen molar-refractivity contribution >= 4 is 33.6 Å². The molecule has 0 heterocycles. The average molecular weight is 332 g/mol. The van der Waals surface area contributed by atoms with Crippen LogP contribution in [0, 0.1) is 16.0 Å².